The van der Waals surface area contributed by atoms with E-state index in [4.69, 9.17) is 9.68 Å². The Kier molecular flexibility index (Phi) is 2.43. The van der Waals surface area contributed by atoms with Crippen molar-refractivity contribution in [3.8, 4) is 6.07 Å². The van der Waals surface area contributed by atoms with Gasteiger partial charge in [0.25, 0.3) is 0 Å². The highest BCUT2D eigenvalue weighted by molar-refractivity contribution is 6.05. The molecule has 0 aliphatic rings. The molecule has 1 aromatic heterocycles. The lowest BCUT2D eigenvalue weighted by Gasteiger charge is -1.98. The van der Waals surface area contributed by atoms with Crippen molar-refractivity contribution in [1.29, 1.82) is 5.26 Å². The topological polar surface area (TPSA) is 61.3 Å². The van der Waals surface area contributed by atoms with Crippen molar-refractivity contribution in [1.82, 2.24) is 0 Å². The Balaban J connectivity index is 2.10. The highest BCUT2D eigenvalue weighted by atomic mass is 16.3. The van der Waals surface area contributed by atoms with Crippen molar-refractivity contribution in [2.24, 2.45) is 5.10 Å². The van der Waals surface area contributed by atoms with Gasteiger partial charge in [0.2, 0.25) is 0 Å². The third kappa shape index (κ3) is 1.68. The van der Waals surface area contributed by atoms with Gasteiger partial charge >= 0.3 is 0 Å². The van der Waals surface area contributed by atoms with Crippen LogP contribution in [0, 0.1) is 11.3 Å². The van der Waals surface area contributed by atoms with Crippen LogP contribution < -0.4 is 5.43 Å². The Morgan fingerprint density at radius 3 is 2.83 bits per heavy atom. The fourth-order valence-electron chi connectivity index (χ4n) is 1.93. The van der Waals surface area contributed by atoms with E-state index in [0.29, 0.717) is 0 Å². The fraction of sp³-hybridized carbons (Fsp3) is 0. The highest BCUT2D eigenvalue weighted by Crippen LogP contribution is 2.30. The van der Waals surface area contributed by atoms with E-state index < -0.39 is 0 Å². The molecule has 1 N–H and O–H groups in total. The lowest BCUT2D eigenvalue weighted by Crippen LogP contribution is -1.87. The minimum atomic E-state index is 0.785. The number of nitrogens with one attached hydrogen (secondary N) is 1. The molecule has 18 heavy (non-hydrogen) atoms. The number of nitriles is 1. The predicted octanol–water partition coefficient (Wildman–Crippen LogP) is 3.51. The molecule has 0 spiro atoms. The first-order chi connectivity index (χ1) is 8.88. The number of hydrazone groups is 1. The van der Waals surface area contributed by atoms with Crippen LogP contribution in [0.1, 0.15) is 0 Å². The lowest BCUT2D eigenvalue weighted by molar-refractivity contribution is 0.669. The minimum Gasteiger partial charge on any atom is -0.456 e. The molecule has 1 heterocycles. The van der Waals surface area contributed by atoms with Gasteiger partial charge in [0.1, 0.15) is 23.4 Å². The molecule has 0 saturated carbocycles. The van der Waals surface area contributed by atoms with Crippen LogP contribution in [0.25, 0.3) is 21.9 Å². The van der Waals surface area contributed by atoms with E-state index in [2.05, 4.69) is 10.5 Å². The first-order valence-electron chi connectivity index (χ1n) is 5.47. The number of para-hydroxylation sites is 1. The van der Waals surface area contributed by atoms with Crippen LogP contribution >= 0.6 is 0 Å². The molecular formula is C14H9N3O. The summed E-state index contributed by atoms with van der Waals surface area (Å²) in [5.74, 6) is 0. The Labute approximate surface area is 103 Å². The molecule has 0 atom stereocenters. The second-order valence-electron chi connectivity index (χ2n) is 3.81. The van der Waals surface area contributed by atoms with E-state index in [-0.39, 0.29) is 0 Å². The molecule has 0 fully saturated rings. The number of furan rings is 1. The van der Waals surface area contributed by atoms with Crippen LogP contribution in [-0.2, 0) is 0 Å². The van der Waals surface area contributed by atoms with E-state index in [1.165, 1.54) is 0 Å². The SMILES string of the molecule is N#C/C=N/Nc1ccc2c(c1)oc1ccccc12. The molecular weight excluding hydrogens is 226 g/mol. The number of nitrogens with zero attached hydrogens (tertiary/aromatic N) is 2. The Hall–Kier alpha value is -2.80. The minimum absolute atomic E-state index is 0.785. The lowest BCUT2D eigenvalue weighted by atomic mass is 10.1. The van der Waals surface area contributed by atoms with Crippen molar-refractivity contribution in [2.75, 3.05) is 5.43 Å². The number of hydrogen-bond acceptors (Lipinski definition) is 4. The predicted molar refractivity (Wildman–Crippen MR) is 71.4 cm³/mol. The summed E-state index contributed by atoms with van der Waals surface area (Å²) in [6.45, 7) is 0. The first-order valence-corrected chi connectivity index (χ1v) is 5.47. The van der Waals surface area contributed by atoms with Crippen molar-refractivity contribution >= 4 is 33.8 Å². The number of hydrogen-bond donors (Lipinski definition) is 1. The quantitative estimate of drug-likeness (QED) is 0.546. The number of fused-ring (bicyclic) bond motifs is 3. The van der Waals surface area contributed by atoms with E-state index >= 15 is 0 Å². The number of anilines is 1. The van der Waals surface area contributed by atoms with Crippen LogP contribution in [0.15, 0.2) is 52.0 Å². The Morgan fingerprint density at radius 1 is 1.11 bits per heavy atom. The van der Waals surface area contributed by atoms with Gasteiger partial charge in [0.15, 0.2) is 0 Å². The molecule has 0 amide bonds. The summed E-state index contributed by atoms with van der Waals surface area (Å²) in [4.78, 5) is 0. The maximum absolute atomic E-state index is 8.35. The average molecular weight is 235 g/mol. The Morgan fingerprint density at radius 2 is 1.94 bits per heavy atom. The standard InChI is InChI=1S/C14H9N3O/c15-7-8-16-17-10-5-6-12-11-3-1-2-4-13(11)18-14(12)9-10/h1-6,8-9,17H/b16-8+. The third-order valence-corrected chi connectivity index (χ3v) is 2.69. The molecule has 3 rings (SSSR count). The second kappa shape index (κ2) is 4.22. The highest BCUT2D eigenvalue weighted by Gasteiger charge is 2.06. The summed E-state index contributed by atoms with van der Waals surface area (Å²) in [6, 6.07) is 15.5. The smallest absolute Gasteiger partial charge is 0.137 e. The molecule has 0 saturated heterocycles. The van der Waals surface area contributed by atoms with Crippen LogP contribution in [0.2, 0.25) is 0 Å². The molecule has 0 radical (unpaired) electrons. The van der Waals surface area contributed by atoms with Crippen molar-refractivity contribution in [2.45, 2.75) is 0 Å². The van der Waals surface area contributed by atoms with Crippen LogP contribution in [0.5, 0.6) is 0 Å². The van der Waals surface area contributed by atoms with Crippen LogP contribution in [-0.4, -0.2) is 6.21 Å². The monoisotopic (exact) mass is 235 g/mol. The molecule has 0 aliphatic carbocycles. The molecule has 86 valence electrons. The number of benzene rings is 2. The molecule has 0 unspecified atom stereocenters. The fourth-order valence-corrected chi connectivity index (χ4v) is 1.93. The zero-order valence-corrected chi connectivity index (χ0v) is 9.42. The molecule has 4 heteroatoms. The summed E-state index contributed by atoms with van der Waals surface area (Å²) in [5.41, 5.74) is 5.22. The molecule has 2 aromatic carbocycles. The van der Waals surface area contributed by atoms with E-state index in [0.717, 1.165) is 33.8 Å². The maximum atomic E-state index is 8.35. The first kappa shape index (κ1) is 10.4. The van der Waals surface area contributed by atoms with Gasteiger partial charge in [-0.05, 0) is 18.2 Å². The molecule has 4 nitrogen and oxygen atoms in total. The largest absolute Gasteiger partial charge is 0.456 e. The summed E-state index contributed by atoms with van der Waals surface area (Å²) >= 11 is 0. The van der Waals surface area contributed by atoms with Gasteiger partial charge < -0.3 is 4.42 Å². The van der Waals surface area contributed by atoms with Gasteiger partial charge in [-0.3, -0.25) is 5.43 Å². The molecule has 0 bridgehead atoms. The van der Waals surface area contributed by atoms with Crippen LogP contribution in [0.4, 0.5) is 5.69 Å². The normalized spacial score (nSPS) is 11.1. The van der Waals surface area contributed by atoms with Gasteiger partial charge in [-0.15, -0.1) is 0 Å². The third-order valence-electron chi connectivity index (χ3n) is 2.69. The number of rotatable bonds is 2. The van der Waals surface area contributed by atoms with Crippen LogP contribution in [0.3, 0.4) is 0 Å². The van der Waals surface area contributed by atoms with Crippen molar-refractivity contribution < 1.29 is 4.42 Å². The zero-order chi connectivity index (χ0) is 12.4. The zero-order valence-electron chi connectivity index (χ0n) is 9.42. The Bertz CT molecular complexity index is 780. The summed E-state index contributed by atoms with van der Waals surface area (Å²) in [7, 11) is 0. The van der Waals surface area contributed by atoms with Gasteiger partial charge in [-0.25, -0.2) is 0 Å². The van der Waals surface area contributed by atoms with E-state index in [9.17, 15) is 0 Å². The summed E-state index contributed by atoms with van der Waals surface area (Å²) < 4.78 is 5.74. The van der Waals surface area contributed by atoms with Gasteiger partial charge in [0.05, 0.1) is 5.69 Å². The second-order valence-corrected chi connectivity index (χ2v) is 3.81. The maximum Gasteiger partial charge on any atom is 0.137 e. The van der Waals surface area contributed by atoms with Gasteiger partial charge in [-0.2, -0.15) is 10.4 Å². The summed E-state index contributed by atoms with van der Waals surface area (Å²) in [5, 5.41) is 14.3. The molecule has 0 aliphatic heterocycles. The summed E-state index contributed by atoms with van der Waals surface area (Å²) in [6.07, 6.45) is 1.14. The molecule has 3 aromatic rings. The van der Waals surface area contributed by atoms with Crippen molar-refractivity contribution in [3.05, 3.63) is 42.5 Å². The average Bonchev–Trinajstić information content (AvgIpc) is 2.76. The van der Waals surface area contributed by atoms with Crippen molar-refractivity contribution in [3.63, 3.8) is 0 Å². The van der Waals surface area contributed by atoms with E-state index in [1.807, 2.05) is 48.5 Å². The van der Waals surface area contributed by atoms with Gasteiger partial charge in [-0.1, -0.05) is 18.2 Å². The van der Waals surface area contributed by atoms with Gasteiger partial charge in [0, 0.05) is 16.8 Å². The van der Waals surface area contributed by atoms with E-state index in [1.54, 1.807) is 0 Å².